The fraction of sp³-hybridized carbons (Fsp3) is 0.400. The number of aliphatic imine (C=N–C) groups is 1. The van der Waals surface area contributed by atoms with E-state index in [-0.39, 0.29) is 0 Å². The quantitative estimate of drug-likeness (QED) is 0.404. The van der Waals surface area contributed by atoms with Gasteiger partial charge in [0.1, 0.15) is 5.75 Å². The molecule has 2 aromatic carbocycles. The highest BCUT2D eigenvalue weighted by Gasteiger charge is 2.25. The number of methoxy groups -OCH3 is 1. The summed E-state index contributed by atoms with van der Waals surface area (Å²) in [4.78, 5) is 11.1. The lowest BCUT2D eigenvalue weighted by Gasteiger charge is -2.22. The molecule has 0 saturated carbocycles. The van der Waals surface area contributed by atoms with E-state index in [0.29, 0.717) is 11.9 Å². The summed E-state index contributed by atoms with van der Waals surface area (Å²) in [5.41, 5.74) is 3.32. The molecule has 1 unspecified atom stereocenters. The van der Waals surface area contributed by atoms with Crippen LogP contribution in [0.25, 0.3) is 11.5 Å². The molecule has 0 radical (unpaired) electrons. The molecular formula is C25H32N6O2. The van der Waals surface area contributed by atoms with Crippen LogP contribution in [0.1, 0.15) is 24.7 Å². The summed E-state index contributed by atoms with van der Waals surface area (Å²) in [6, 6.07) is 16.8. The predicted octanol–water partition coefficient (Wildman–Crippen LogP) is 3.29. The zero-order chi connectivity index (χ0) is 23.0. The molecule has 2 heterocycles. The van der Waals surface area contributed by atoms with Gasteiger partial charge in [0.25, 0.3) is 5.89 Å². The number of ether oxygens (including phenoxy) is 1. The summed E-state index contributed by atoms with van der Waals surface area (Å²) in [5.74, 6) is 3.04. The third kappa shape index (κ3) is 5.63. The smallest absolute Gasteiger partial charge is 0.257 e. The minimum Gasteiger partial charge on any atom is -0.495 e. The fourth-order valence-electron chi connectivity index (χ4n) is 4.03. The highest BCUT2D eigenvalue weighted by molar-refractivity contribution is 5.80. The molecule has 0 aliphatic carbocycles. The third-order valence-electron chi connectivity index (χ3n) is 5.87. The SMILES string of the molecule is CCc1noc(-c2ccc(CCNC(=NC)NC3CCN(c4ccccc4OC)C3)cc2)n1. The van der Waals surface area contributed by atoms with Crippen LogP contribution in [0.15, 0.2) is 58.0 Å². The van der Waals surface area contributed by atoms with E-state index in [1.807, 2.05) is 38.2 Å². The van der Waals surface area contributed by atoms with E-state index in [1.54, 1.807) is 7.11 Å². The molecule has 1 aliphatic rings. The maximum absolute atomic E-state index is 5.52. The van der Waals surface area contributed by atoms with E-state index in [1.165, 1.54) is 5.56 Å². The number of benzene rings is 2. The standard InChI is InChI=1S/C25H32N6O2/c1-4-23-29-24(33-30-23)19-11-9-18(10-12-19)13-15-27-25(26-2)28-20-14-16-31(17-20)21-7-5-6-8-22(21)32-3/h5-12,20H,4,13-17H2,1-3H3,(H2,26,27,28). The van der Waals surface area contributed by atoms with Gasteiger partial charge in [0.05, 0.1) is 12.8 Å². The minimum atomic E-state index is 0.336. The Morgan fingerprint density at radius 2 is 2.03 bits per heavy atom. The van der Waals surface area contributed by atoms with Gasteiger partial charge in [-0.3, -0.25) is 4.99 Å². The van der Waals surface area contributed by atoms with E-state index in [4.69, 9.17) is 9.26 Å². The summed E-state index contributed by atoms with van der Waals surface area (Å²) in [7, 11) is 3.53. The van der Waals surface area contributed by atoms with Crippen LogP contribution in [-0.4, -0.2) is 55.9 Å². The van der Waals surface area contributed by atoms with Gasteiger partial charge in [0.15, 0.2) is 11.8 Å². The number of hydrogen-bond donors (Lipinski definition) is 2. The van der Waals surface area contributed by atoms with Gasteiger partial charge < -0.3 is 24.8 Å². The van der Waals surface area contributed by atoms with Crippen molar-refractivity contribution in [1.29, 1.82) is 0 Å². The van der Waals surface area contributed by atoms with Crippen LogP contribution in [0, 0.1) is 0 Å². The van der Waals surface area contributed by atoms with Crippen molar-refractivity contribution in [2.45, 2.75) is 32.2 Å². The Balaban J connectivity index is 1.24. The molecule has 2 N–H and O–H groups in total. The number of hydrogen-bond acceptors (Lipinski definition) is 6. The molecule has 3 aromatic rings. The van der Waals surface area contributed by atoms with Crippen molar-refractivity contribution in [3.8, 4) is 17.2 Å². The Morgan fingerprint density at radius 3 is 2.76 bits per heavy atom. The molecule has 0 spiro atoms. The number of rotatable bonds is 8. The third-order valence-corrected chi connectivity index (χ3v) is 5.87. The normalized spacial score (nSPS) is 16.2. The molecule has 0 amide bonds. The van der Waals surface area contributed by atoms with Crippen LogP contribution in [0.5, 0.6) is 5.75 Å². The van der Waals surface area contributed by atoms with Crippen LogP contribution < -0.4 is 20.3 Å². The zero-order valence-corrected chi connectivity index (χ0v) is 19.5. The fourth-order valence-corrected chi connectivity index (χ4v) is 4.03. The molecule has 1 saturated heterocycles. The van der Waals surface area contributed by atoms with Crippen molar-refractivity contribution < 1.29 is 9.26 Å². The Labute approximate surface area is 195 Å². The summed E-state index contributed by atoms with van der Waals surface area (Å²) in [6.45, 7) is 4.71. The van der Waals surface area contributed by atoms with Crippen molar-refractivity contribution in [2.75, 3.05) is 38.7 Å². The number of guanidine groups is 1. The van der Waals surface area contributed by atoms with Gasteiger partial charge in [-0.05, 0) is 42.7 Å². The maximum atomic E-state index is 5.52. The Kier molecular flexibility index (Phi) is 7.44. The molecule has 174 valence electrons. The Morgan fingerprint density at radius 1 is 1.21 bits per heavy atom. The maximum Gasteiger partial charge on any atom is 0.257 e. The van der Waals surface area contributed by atoms with Gasteiger partial charge in [0, 0.05) is 44.7 Å². The summed E-state index contributed by atoms with van der Waals surface area (Å²) in [6.07, 6.45) is 2.71. The van der Waals surface area contributed by atoms with Crippen molar-refractivity contribution in [3.05, 3.63) is 59.9 Å². The molecular weight excluding hydrogens is 416 g/mol. The second kappa shape index (κ2) is 10.8. The first kappa shape index (κ1) is 22.6. The number of para-hydroxylation sites is 2. The number of nitrogens with zero attached hydrogens (tertiary/aromatic N) is 4. The van der Waals surface area contributed by atoms with Crippen molar-refractivity contribution in [1.82, 2.24) is 20.8 Å². The van der Waals surface area contributed by atoms with Crippen LogP contribution in [-0.2, 0) is 12.8 Å². The van der Waals surface area contributed by atoms with Crippen molar-refractivity contribution >= 4 is 11.6 Å². The van der Waals surface area contributed by atoms with E-state index in [9.17, 15) is 0 Å². The average Bonchev–Trinajstić information content (AvgIpc) is 3.53. The minimum absolute atomic E-state index is 0.336. The average molecular weight is 449 g/mol. The van der Waals surface area contributed by atoms with Crippen LogP contribution in [0.4, 0.5) is 5.69 Å². The number of aromatic nitrogens is 2. The van der Waals surface area contributed by atoms with Gasteiger partial charge in [-0.2, -0.15) is 4.98 Å². The second-order valence-electron chi connectivity index (χ2n) is 8.06. The lowest BCUT2D eigenvalue weighted by atomic mass is 10.1. The van der Waals surface area contributed by atoms with Crippen molar-refractivity contribution in [3.63, 3.8) is 0 Å². The number of aryl methyl sites for hydroxylation is 1. The molecule has 4 rings (SSSR count). The Hall–Kier alpha value is -3.55. The first-order chi connectivity index (χ1) is 16.2. The summed E-state index contributed by atoms with van der Waals surface area (Å²) in [5, 5.41) is 10.9. The first-order valence-corrected chi connectivity index (χ1v) is 11.5. The monoisotopic (exact) mass is 448 g/mol. The van der Waals surface area contributed by atoms with E-state index < -0.39 is 0 Å². The highest BCUT2D eigenvalue weighted by atomic mass is 16.5. The molecule has 1 fully saturated rings. The van der Waals surface area contributed by atoms with E-state index in [0.717, 1.165) is 67.7 Å². The molecule has 8 heteroatoms. The molecule has 1 atom stereocenters. The predicted molar refractivity (Wildman–Crippen MR) is 131 cm³/mol. The number of nitrogens with one attached hydrogen (secondary N) is 2. The highest BCUT2D eigenvalue weighted by Crippen LogP contribution is 2.30. The first-order valence-electron chi connectivity index (χ1n) is 11.5. The molecule has 33 heavy (non-hydrogen) atoms. The second-order valence-corrected chi connectivity index (χ2v) is 8.06. The molecule has 1 aromatic heterocycles. The van der Waals surface area contributed by atoms with Gasteiger partial charge in [0.2, 0.25) is 0 Å². The van der Waals surface area contributed by atoms with Gasteiger partial charge in [-0.25, -0.2) is 0 Å². The molecule has 8 nitrogen and oxygen atoms in total. The largest absolute Gasteiger partial charge is 0.495 e. The molecule has 0 bridgehead atoms. The zero-order valence-electron chi connectivity index (χ0n) is 19.5. The van der Waals surface area contributed by atoms with E-state index >= 15 is 0 Å². The van der Waals surface area contributed by atoms with Crippen LogP contribution in [0.3, 0.4) is 0 Å². The summed E-state index contributed by atoms with van der Waals surface area (Å²) >= 11 is 0. The van der Waals surface area contributed by atoms with Gasteiger partial charge in [-0.15, -0.1) is 0 Å². The van der Waals surface area contributed by atoms with Crippen molar-refractivity contribution in [2.24, 2.45) is 4.99 Å². The summed E-state index contributed by atoms with van der Waals surface area (Å²) < 4.78 is 10.8. The van der Waals surface area contributed by atoms with Crippen LogP contribution in [0.2, 0.25) is 0 Å². The lowest BCUT2D eigenvalue weighted by Crippen LogP contribution is -2.45. The number of anilines is 1. The Bertz CT molecular complexity index is 1060. The topological polar surface area (TPSA) is 87.8 Å². The van der Waals surface area contributed by atoms with Gasteiger partial charge in [-0.1, -0.05) is 36.3 Å². The van der Waals surface area contributed by atoms with Crippen LogP contribution >= 0.6 is 0 Å². The lowest BCUT2D eigenvalue weighted by molar-refractivity contribution is 0.415. The molecule has 1 aliphatic heterocycles. The van der Waals surface area contributed by atoms with E-state index in [2.05, 4.69) is 54.9 Å². The van der Waals surface area contributed by atoms with Gasteiger partial charge >= 0.3 is 0 Å².